The third-order valence-electron chi connectivity index (χ3n) is 8.66. The average Bonchev–Trinajstić information content (AvgIpc) is 3.64. The minimum Gasteiger partial charge on any atom is -0.453 e. The Labute approximate surface area is 266 Å². The number of fused-ring (bicyclic) bond motifs is 5. The van der Waals surface area contributed by atoms with Gasteiger partial charge in [-0.05, 0) is 89.5 Å². The molecule has 0 radical (unpaired) electrons. The van der Waals surface area contributed by atoms with Gasteiger partial charge in [-0.25, -0.2) is 9.97 Å². The minimum absolute atomic E-state index is 0.0295. The van der Waals surface area contributed by atoms with Gasteiger partial charge in [0, 0.05) is 21.3 Å². The highest BCUT2D eigenvalue weighted by Gasteiger charge is 2.25. The van der Waals surface area contributed by atoms with Crippen LogP contribution in [0.3, 0.4) is 0 Å². The van der Waals surface area contributed by atoms with Crippen molar-refractivity contribution in [2.45, 2.75) is 46.4 Å². The lowest BCUT2D eigenvalue weighted by Gasteiger charge is -2.24. The first kappa shape index (κ1) is 24.1. The molecule has 0 saturated carbocycles. The first-order chi connectivity index (χ1) is 23.1. The van der Waals surface area contributed by atoms with Gasteiger partial charge in [-0.3, -0.25) is 9.55 Å². The van der Waals surface area contributed by atoms with Gasteiger partial charge in [0.1, 0.15) is 16.9 Å². The molecule has 45 heavy (non-hydrogen) atoms. The molecule has 0 atom stereocenters. The fraction of sp³-hybridized carbons (Fsp3) is 0.175. The molecule has 4 aromatic heterocycles. The van der Waals surface area contributed by atoms with E-state index in [-0.39, 0.29) is 17.5 Å². The van der Waals surface area contributed by atoms with Gasteiger partial charge >= 0.3 is 0 Å². The average molecular weight is 590 g/mol. The van der Waals surface area contributed by atoms with Crippen molar-refractivity contribution in [2.24, 2.45) is 0 Å². The molecule has 0 amide bonds. The van der Waals surface area contributed by atoms with Crippen LogP contribution in [0.25, 0.3) is 72.3 Å². The van der Waals surface area contributed by atoms with Gasteiger partial charge in [0.2, 0.25) is 0 Å². The molecule has 0 aliphatic heterocycles. The van der Waals surface area contributed by atoms with Crippen molar-refractivity contribution < 1.29 is 8.53 Å². The summed E-state index contributed by atoms with van der Waals surface area (Å²) in [5.74, 6) is 1.26. The molecule has 8 rings (SSSR count). The number of hydrogen-bond donors (Lipinski definition) is 0. The molecule has 4 heterocycles. The van der Waals surface area contributed by atoms with E-state index in [0.717, 1.165) is 33.5 Å². The van der Waals surface area contributed by atoms with Crippen LogP contribution < -0.4 is 0 Å². The normalized spacial score (nSPS) is 13.3. The summed E-state index contributed by atoms with van der Waals surface area (Å²) in [5, 5.41) is 0.857. The van der Waals surface area contributed by atoms with E-state index in [1.807, 2.05) is 18.2 Å². The van der Waals surface area contributed by atoms with Crippen LogP contribution >= 0.6 is 0 Å². The minimum atomic E-state index is -2.31. The van der Waals surface area contributed by atoms with E-state index in [9.17, 15) is 0 Å². The third kappa shape index (κ3) is 4.41. The predicted molar refractivity (Wildman–Crippen MR) is 185 cm³/mol. The van der Waals surface area contributed by atoms with E-state index in [4.69, 9.17) is 18.5 Å². The van der Waals surface area contributed by atoms with Crippen LogP contribution in [-0.4, -0.2) is 19.5 Å². The molecule has 5 nitrogen and oxygen atoms in total. The van der Waals surface area contributed by atoms with Crippen LogP contribution in [0.15, 0.2) is 108 Å². The van der Waals surface area contributed by atoms with Gasteiger partial charge in [0.25, 0.3) is 0 Å². The highest BCUT2D eigenvalue weighted by atomic mass is 16.3. The van der Waals surface area contributed by atoms with Gasteiger partial charge in [0.05, 0.1) is 33.3 Å². The molecule has 0 aliphatic rings. The van der Waals surface area contributed by atoms with E-state index >= 15 is 0 Å². The van der Waals surface area contributed by atoms with Crippen molar-refractivity contribution in [1.82, 2.24) is 19.5 Å². The number of rotatable bonds is 5. The van der Waals surface area contributed by atoms with Crippen LogP contribution in [0.4, 0.5) is 0 Å². The molecular weight excluding hydrogens is 552 g/mol. The molecule has 0 unspecified atom stereocenters. The third-order valence-corrected chi connectivity index (χ3v) is 8.66. The molecular formula is C40H34N4O. The van der Waals surface area contributed by atoms with Gasteiger partial charge in [0.15, 0.2) is 5.58 Å². The Hall–Kier alpha value is -5.29. The quantitative estimate of drug-likeness (QED) is 0.200. The second kappa shape index (κ2) is 10.4. The molecule has 0 bridgehead atoms. The summed E-state index contributed by atoms with van der Waals surface area (Å²) in [5.41, 5.74) is 11.8. The summed E-state index contributed by atoms with van der Waals surface area (Å²) in [6.07, 6.45) is 0. The van der Waals surface area contributed by atoms with Crippen molar-refractivity contribution in [1.29, 1.82) is 0 Å². The number of nitrogens with zero attached hydrogens (tertiary/aromatic N) is 4. The summed E-state index contributed by atoms with van der Waals surface area (Å²) >= 11 is 0. The molecule has 220 valence electrons. The van der Waals surface area contributed by atoms with Crippen molar-refractivity contribution >= 4 is 44.1 Å². The number of imidazole rings is 1. The summed E-state index contributed by atoms with van der Waals surface area (Å²) in [6.45, 7) is 6.68. The van der Waals surface area contributed by atoms with E-state index in [0.29, 0.717) is 27.7 Å². The largest absolute Gasteiger partial charge is 0.453 e. The summed E-state index contributed by atoms with van der Waals surface area (Å²) in [4.78, 5) is 14.6. The Balaban J connectivity index is 1.42. The summed E-state index contributed by atoms with van der Waals surface area (Å²) in [6, 6.07) is 34.6. The Morgan fingerprint density at radius 2 is 1.42 bits per heavy atom. The molecule has 4 aromatic carbocycles. The number of aromatic nitrogens is 4. The Kier molecular flexibility index (Phi) is 5.57. The molecule has 5 heteroatoms. The monoisotopic (exact) mass is 589 g/mol. The maximum Gasteiger partial charge on any atom is 0.156 e. The van der Waals surface area contributed by atoms with Crippen molar-refractivity contribution in [3.05, 3.63) is 120 Å². The lowest BCUT2D eigenvalue weighted by atomic mass is 9.88. The van der Waals surface area contributed by atoms with E-state index in [2.05, 4.69) is 104 Å². The van der Waals surface area contributed by atoms with Gasteiger partial charge in [-0.1, -0.05) is 76.2 Å². The highest BCUT2D eigenvalue weighted by molar-refractivity contribution is 6.09. The van der Waals surface area contributed by atoms with Crippen molar-refractivity contribution in [3.8, 4) is 28.2 Å². The van der Waals surface area contributed by atoms with E-state index in [1.165, 1.54) is 28.3 Å². The zero-order valence-electron chi connectivity index (χ0n) is 28.7. The molecule has 0 saturated heterocycles. The van der Waals surface area contributed by atoms with Gasteiger partial charge < -0.3 is 4.42 Å². The molecule has 0 fully saturated rings. The fourth-order valence-corrected chi connectivity index (χ4v) is 6.48. The van der Waals surface area contributed by atoms with Gasteiger partial charge in [-0.2, -0.15) is 0 Å². The first-order valence-corrected chi connectivity index (χ1v) is 15.4. The first-order valence-electron chi connectivity index (χ1n) is 16.9. The summed E-state index contributed by atoms with van der Waals surface area (Å²) < 4.78 is 32.4. The number of aryl methyl sites for hydroxylation is 1. The number of benzene rings is 4. The zero-order chi connectivity index (χ0) is 33.3. The fourth-order valence-electron chi connectivity index (χ4n) is 6.48. The molecule has 0 aliphatic carbocycles. The molecule has 0 N–H and O–H groups in total. The lowest BCUT2D eigenvalue weighted by Crippen LogP contribution is -2.09. The zero-order valence-corrected chi connectivity index (χ0v) is 25.7. The highest BCUT2D eigenvalue weighted by Crippen LogP contribution is 2.42. The predicted octanol–water partition coefficient (Wildman–Crippen LogP) is 10.8. The number of hydrogen-bond acceptors (Lipinski definition) is 4. The molecule has 8 aromatic rings. The van der Waals surface area contributed by atoms with Crippen molar-refractivity contribution in [2.75, 3.05) is 0 Å². The van der Waals surface area contributed by atoms with E-state index < -0.39 is 6.85 Å². The van der Waals surface area contributed by atoms with Crippen LogP contribution in [0, 0.1) is 6.85 Å². The topological polar surface area (TPSA) is 56.7 Å². The lowest BCUT2D eigenvalue weighted by molar-refractivity contribution is 0.669. The number of furan rings is 1. The standard InChI is InChI=1S/C40H34N4O/c1-23(2)30-20-27(26-12-7-6-8-13-26)21-31(24(3)4)38(30)44-35-17-10-9-16-33(35)43-40(44)29-15-11-14-28-37-36(45-39(28)29)22-34-32(42-37)19-18-25(5)41-34/h6-24H,1-5H3/i5D3. The number of pyridine rings is 2. The van der Waals surface area contributed by atoms with Crippen molar-refractivity contribution in [3.63, 3.8) is 0 Å². The second-order valence-corrected chi connectivity index (χ2v) is 12.3. The smallest absolute Gasteiger partial charge is 0.156 e. The second-order valence-electron chi connectivity index (χ2n) is 12.3. The molecule has 0 spiro atoms. The van der Waals surface area contributed by atoms with Crippen LogP contribution in [0.1, 0.15) is 60.5 Å². The van der Waals surface area contributed by atoms with Crippen LogP contribution in [-0.2, 0) is 0 Å². The van der Waals surface area contributed by atoms with Gasteiger partial charge in [-0.15, -0.1) is 0 Å². The SMILES string of the molecule is [2H]C([2H])([2H])c1ccc2nc3c(cc2n1)oc1c(-c2nc4ccccc4n2-c2c(C(C)C)cc(-c4ccccc4)cc2C(C)C)cccc13. The van der Waals surface area contributed by atoms with Crippen LogP contribution in [0.2, 0.25) is 0 Å². The maximum atomic E-state index is 7.82. The number of para-hydroxylation sites is 3. The van der Waals surface area contributed by atoms with E-state index in [1.54, 1.807) is 12.1 Å². The Morgan fingerprint density at radius 1 is 0.667 bits per heavy atom. The Bertz CT molecular complexity index is 2480. The van der Waals surface area contributed by atoms with Crippen LogP contribution in [0.5, 0.6) is 0 Å². The summed E-state index contributed by atoms with van der Waals surface area (Å²) in [7, 11) is 0. The Morgan fingerprint density at radius 3 is 2.18 bits per heavy atom. The maximum absolute atomic E-state index is 7.82.